The van der Waals surface area contributed by atoms with E-state index >= 15 is 0 Å². The molecule has 5 rings (SSSR count). The fraction of sp³-hybridized carbons (Fsp3) is 0.533. The first kappa shape index (κ1) is 45.8. The highest BCUT2D eigenvalue weighted by atomic mass is 16.5. The number of H-pyrrole nitrogens is 2. The summed E-state index contributed by atoms with van der Waals surface area (Å²) in [6.45, 7) is 16.3. The predicted molar refractivity (Wildman–Crippen MR) is 227 cm³/mol. The van der Waals surface area contributed by atoms with E-state index in [1.807, 2.05) is 65.8 Å². The van der Waals surface area contributed by atoms with Crippen molar-refractivity contribution >= 4 is 29.9 Å². The highest BCUT2D eigenvalue weighted by Gasteiger charge is 2.42. The van der Waals surface area contributed by atoms with E-state index in [1.54, 1.807) is 22.2 Å². The first-order valence-corrected chi connectivity index (χ1v) is 20.8. The molecule has 326 valence electrons. The van der Waals surface area contributed by atoms with Crippen molar-refractivity contribution in [2.75, 3.05) is 27.3 Å². The second-order valence-corrected chi connectivity index (χ2v) is 17.1. The molecule has 0 saturated carbocycles. The van der Waals surface area contributed by atoms with Gasteiger partial charge in [0.2, 0.25) is 17.7 Å². The predicted octanol–water partition coefficient (Wildman–Crippen LogP) is 4.65. The number of methoxy groups -OCH3 is 2. The quantitative estimate of drug-likeness (QED) is 0.170. The lowest BCUT2D eigenvalue weighted by atomic mass is 9.99. The van der Waals surface area contributed by atoms with E-state index < -0.39 is 36.2 Å². The molecule has 0 spiro atoms. The molecule has 0 bridgehead atoms. The number of carbonyl (C=O) groups excluding carboxylic acids is 5. The minimum atomic E-state index is -0.872. The van der Waals surface area contributed by atoms with Crippen LogP contribution in [0.5, 0.6) is 0 Å². The van der Waals surface area contributed by atoms with Crippen LogP contribution in [0.2, 0.25) is 0 Å². The molecule has 16 heteroatoms. The van der Waals surface area contributed by atoms with Crippen LogP contribution in [0.25, 0.3) is 0 Å². The maximum Gasteiger partial charge on any atom is 0.407 e. The second kappa shape index (κ2) is 20.3. The van der Waals surface area contributed by atoms with Crippen molar-refractivity contribution in [3.05, 3.63) is 70.8 Å². The van der Waals surface area contributed by atoms with Gasteiger partial charge in [-0.3, -0.25) is 14.4 Å². The SMILES string of the molecule is COC(=O)NC(C(=O)NC(C(=O)N1CC(C)CC1c1ncc(C#Cc2ccc(C#Cc3cnc(C4CC(C)CN4C(=O)C(NC(=O)OC)C(C)C)[nH]3)cc2)[nH]1)C(C)C)C(C)C. The van der Waals surface area contributed by atoms with E-state index in [4.69, 9.17) is 9.47 Å². The Balaban J connectivity index is 1.23. The number of carbonyl (C=O) groups is 5. The van der Waals surface area contributed by atoms with Crippen molar-refractivity contribution in [3.63, 3.8) is 0 Å². The molecule has 7 unspecified atom stereocenters. The molecule has 2 saturated heterocycles. The molecule has 2 aliphatic heterocycles. The number of hydrogen-bond acceptors (Lipinski definition) is 9. The Morgan fingerprint density at radius 1 is 0.623 bits per heavy atom. The third-order valence-electron chi connectivity index (χ3n) is 11.0. The van der Waals surface area contributed by atoms with Crippen LogP contribution in [0.4, 0.5) is 9.59 Å². The molecule has 2 aromatic heterocycles. The Labute approximate surface area is 358 Å². The van der Waals surface area contributed by atoms with E-state index in [0.29, 0.717) is 42.5 Å². The van der Waals surface area contributed by atoms with Gasteiger partial charge in [-0.1, -0.05) is 67.2 Å². The van der Waals surface area contributed by atoms with Crippen LogP contribution in [-0.4, -0.2) is 105 Å². The number of nitrogens with zero attached hydrogens (tertiary/aromatic N) is 4. The van der Waals surface area contributed by atoms with Crippen LogP contribution in [0.15, 0.2) is 36.7 Å². The monoisotopic (exact) mass is 837 g/mol. The zero-order valence-corrected chi connectivity index (χ0v) is 36.7. The summed E-state index contributed by atoms with van der Waals surface area (Å²) >= 11 is 0. The second-order valence-electron chi connectivity index (χ2n) is 17.1. The number of ether oxygens (including phenoxy) is 2. The Kier molecular flexibility index (Phi) is 15.2. The average Bonchev–Trinajstić information content (AvgIpc) is 4.05. The molecule has 16 nitrogen and oxygen atoms in total. The van der Waals surface area contributed by atoms with Gasteiger partial charge >= 0.3 is 12.2 Å². The summed E-state index contributed by atoms with van der Waals surface area (Å²) in [7, 11) is 2.51. The van der Waals surface area contributed by atoms with Crippen LogP contribution in [0, 0.1) is 53.3 Å². The summed E-state index contributed by atoms with van der Waals surface area (Å²) in [4.78, 5) is 84.2. The fourth-order valence-corrected chi connectivity index (χ4v) is 7.69. The average molecular weight is 838 g/mol. The largest absolute Gasteiger partial charge is 0.453 e. The number of rotatable bonds is 11. The number of alkyl carbamates (subject to hydrolysis) is 2. The highest BCUT2D eigenvalue weighted by molar-refractivity contribution is 5.92. The normalized spacial score (nSPS) is 20.0. The molecular formula is C45H59N9O7. The lowest BCUT2D eigenvalue weighted by Gasteiger charge is -2.32. The number of hydrogen-bond donors (Lipinski definition) is 5. The fourth-order valence-electron chi connectivity index (χ4n) is 7.69. The van der Waals surface area contributed by atoms with Crippen LogP contribution >= 0.6 is 0 Å². The van der Waals surface area contributed by atoms with Gasteiger partial charge in [0.15, 0.2) is 0 Å². The third kappa shape index (κ3) is 11.5. The van der Waals surface area contributed by atoms with Crippen molar-refractivity contribution < 1.29 is 33.4 Å². The Hall–Kier alpha value is -6.29. The molecule has 2 aliphatic rings. The Morgan fingerprint density at radius 3 is 1.38 bits per heavy atom. The molecule has 61 heavy (non-hydrogen) atoms. The summed E-state index contributed by atoms with van der Waals surface area (Å²) in [6, 6.07) is 4.52. The summed E-state index contributed by atoms with van der Waals surface area (Å²) in [5.41, 5.74) is 2.76. The van der Waals surface area contributed by atoms with E-state index in [1.165, 1.54) is 14.2 Å². The van der Waals surface area contributed by atoms with Gasteiger partial charge < -0.3 is 45.2 Å². The zero-order chi connectivity index (χ0) is 44.5. The smallest absolute Gasteiger partial charge is 0.407 e. The minimum Gasteiger partial charge on any atom is -0.453 e. The lowest BCUT2D eigenvalue weighted by molar-refractivity contribution is -0.139. The number of nitrogens with one attached hydrogen (secondary N) is 5. The molecule has 5 N–H and O–H groups in total. The highest BCUT2D eigenvalue weighted by Crippen LogP contribution is 2.36. The number of benzene rings is 1. The van der Waals surface area contributed by atoms with Crippen molar-refractivity contribution in [2.24, 2.45) is 29.6 Å². The van der Waals surface area contributed by atoms with E-state index in [2.05, 4.69) is 73.4 Å². The van der Waals surface area contributed by atoms with Gasteiger partial charge in [0.05, 0.1) is 38.7 Å². The summed E-state index contributed by atoms with van der Waals surface area (Å²) in [6.07, 6.45) is 3.38. The molecule has 3 aromatic rings. The van der Waals surface area contributed by atoms with Crippen LogP contribution in [0.3, 0.4) is 0 Å². The van der Waals surface area contributed by atoms with Gasteiger partial charge in [-0.25, -0.2) is 19.6 Å². The Morgan fingerprint density at radius 2 is 1.00 bits per heavy atom. The molecule has 0 aliphatic carbocycles. The third-order valence-corrected chi connectivity index (χ3v) is 11.0. The maximum atomic E-state index is 14.1. The van der Waals surface area contributed by atoms with Gasteiger partial charge in [0, 0.05) is 24.2 Å². The van der Waals surface area contributed by atoms with Gasteiger partial charge in [0.25, 0.3) is 0 Å². The van der Waals surface area contributed by atoms with Gasteiger partial charge in [-0.15, -0.1) is 0 Å². The maximum absolute atomic E-state index is 14.1. The summed E-state index contributed by atoms with van der Waals surface area (Å²) < 4.78 is 9.45. The van der Waals surface area contributed by atoms with Gasteiger partial charge in [0.1, 0.15) is 41.2 Å². The van der Waals surface area contributed by atoms with Crippen LogP contribution in [-0.2, 0) is 23.9 Å². The van der Waals surface area contributed by atoms with Crippen LogP contribution in [0.1, 0.15) is 114 Å². The molecule has 2 fully saturated rings. The first-order chi connectivity index (χ1) is 29.0. The van der Waals surface area contributed by atoms with Crippen molar-refractivity contribution in [1.29, 1.82) is 0 Å². The van der Waals surface area contributed by atoms with E-state index in [0.717, 1.165) is 17.5 Å². The Bertz CT molecular complexity index is 2170. The number of imidazole rings is 2. The van der Waals surface area contributed by atoms with Crippen molar-refractivity contribution in [1.82, 2.24) is 45.7 Å². The van der Waals surface area contributed by atoms with E-state index in [-0.39, 0.29) is 53.5 Å². The topological polar surface area (TPSA) is 204 Å². The zero-order valence-electron chi connectivity index (χ0n) is 36.7. The van der Waals surface area contributed by atoms with Crippen LogP contribution < -0.4 is 16.0 Å². The standard InChI is InChI=1S/C45H59N9O7/c1-25(2)36(51-44(58)60-9)41(55)50-37(26(3)4)42(56)53-23-28(7)19-34(53)39-46-21-32(48-39)17-15-30-11-13-31(14-12-30)16-18-33-22-47-40(49-33)35-20-29(8)24-54(35)43(57)38(27(5)6)52-45(59)61-10/h11-14,21-22,25-29,34-38H,19-20,23-24H2,1-10H3,(H,46,48)(H,47,49)(H,50,55)(H,51,58)(H,52,59). The number of likely N-dealkylation sites (tertiary alicyclic amines) is 2. The lowest BCUT2D eigenvalue weighted by Crippen LogP contribution is -2.57. The number of aromatic nitrogens is 4. The molecular weight excluding hydrogens is 779 g/mol. The number of amides is 5. The molecule has 0 radical (unpaired) electrons. The van der Waals surface area contributed by atoms with Crippen molar-refractivity contribution in [3.8, 4) is 23.7 Å². The summed E-state index contributed by atoms with van der Waals surface area (Å²) in [5, 5.41) is 8.14. The first-order valence-electron chi connectivity index (χ1n) is 20.8. The number of aromatic amines is 2. The molecule has 7 atom stereocenters. The van der Waals surface area contributed by atoms with Crippen molar-refractivity contribution in [2.45, 2.75) is 98.4 Å². The van der Waals surface area contributed by atoms with Gasteiger partial charge in [-0.05, 0) is 78.5 Å². The minimum absolute atomic E-state index is 0.134. The summed E-state index contributed by atoms with van der Waals surface area (Å²) in [5.74, 6) is 12.9. The van der Waals surface area contributed by atoms with Gasteiger partial charge in [-0.2, -0.15) is 0 Å². The molecule has 5 amide bonds. The molecule has 4 heterocycles. The van der Waals surface area contributed by atoms with E-state index in [9.17, 15) is 24.0 Å². The molecule has 1 aromatic carbocycles.